The number of benzene rings is 2. The minimum Gasteiger partial charge on any atom is -0.311 e. The van der Waals surface area contributed by atoms with Crippen LogP contribution in [0.15, 0.2) is 36.4 Å². The lowest BCUT2D eigenvalue weighted by Crippen LogP contribution is -2.25. The van der Waals surface area contributed by atoms with Crippen molar-refractivity contribution in [3.63, 3.8) is 0 Å². The van der Waals surface area contributed by atoms with Gasteiger partial charge in [-0.25, -0.2) is 0 Å². The molecule has 1 aliphatic rings. The van der Waals surface area contributed by atoms with E-state index in [1.165, 1.54) is 11.8 Å². The quantitative estimate of drug-likeness (QED) is 0.847. The molecule has 1 atom stereocenters. The summed E-state index contributed by atoms with van der Waals surface area (Å²) in [5.41, 5.74) is 0.864. The molecule has 0 aromatic heterocycles. The van der Waals surface area contributed by atoms with Crippen molar-refractivity contribution in [1.82, 2.24) is 0 Å². The van der Waals surface area contributed by atoms with Gasteiger partial charge in [-0.15, -0.1) is 0 Å². The Bertz CT molecular complexity index is 741. The summed E-state index contributed by atoms with van der Waals surface area (Å²) in [4.78, 5) is 25.3. The Hall–Kier alpha value is -1.52. The van der Waals surface area contributed by atoms with Crippen molar-refractivity contribution in [1.29, 1.82) is 0 Å². The van der Waals surface area contributed by atoms with E-state index in [1.54, 1.807) is 11.8 Å². The van der Waals surface area contributed by atoms with Crippen LogP contribution in [-0.2, 0) is 9.59 Å². The fourth-order valence-electron chi connectivity index (χ4n) is 2.86. The van der Waals surface area contributed by atoms with E-state index in [9.17, 15) is 9.59 Å². The number of halogens is 1. The summed E-state index contributed by atoms with van der Waals surface area (Å²) in [6.45, 7) is 2.20. The number of carbonyl (C=O) groups is 2. The Balaban J connectivity index is 1.92. The average molecular weight is 334 g/mol. The predicted octanol–water partition coefficient (Wildman–Crippen LogP) is 4.13. The third kappa shape index (κ3) is 2.99. The predicted molar refractivity (Wildman–Crippen MR) is 92.6 cm³/mol. The van der Waals surface area contributed by atoms with Gasteiger partial charge in [0, 0.05) is 31.0 Å². The van der Waals surface area contributed by atoms with Crippen LogP contribution in [0.5, 0.6) is 0 Å². The third-order valence-electron chi connectivity index (χ3n) is 3.85. The maximum absolute atomic E-state index is 12.4. The van der Waals surface area contributed by atoms with Gasteiger partial charge in [-0.05, 0) is 23.4 Å². The number of nitrogens with zero attached hydrogens (tertiary/aromatic N) is 1. The maximum atomic E-state index is 12.4. The molecule has 0 saturated carbocycles. The minimum atomic E-state index is 0.0964. The first-order chi connectivity index (χ1) is 10.6. The zero-order valence-corrected chi connectivity index (χ0v) is 13.8. The lowest BCUT2D eigenvalue weighted by molar-refractivity contribution is -0.117. The van der Waals surface area contributed by atoms with E-state index in [1.807, 2.05) is 36.4 Å². The number of fused-ring (bicyclic) bond motifs is 1. The van der Waals surface area contributed by atoms with Gasteiger partial charge in [0.25, 0.3) is 0 Å². The highest BCUT2D eigenvalue weighted by Gasteiger charge is 2.31. The van der Waals surface area contributed by atoms with E-state index in [2.05, 4.69) is 0 Å². The van der Waals surface area contributed by atoms with Crippen molar-refractivity contribution >= 4 is 50.8 Å². The summed E-state index contributed by atoms with van der Waals surface area (Å²) in [5, 5.41) is 2.70. The summed E-state index contributed by atoms with van der Waals surface area (Å²) in [7, 11) is 0. The highest BCUT2D eigenvalue weighted by molar-refractivity contribution is 8.13. The molecular weight excluding hydrogens is 318 g/mol. The van der Waals surface area contributed by atoms with Crippen LogP contribution in [0.25, 0.3) is 10.8 Å². The van der Waals surface area contributed by atoms with E-state index in [0.717, 1.165) is 16.5 Å². The molecule has 3 rings (SSSR count). The van der Waals surface area contributed by atoms with Crippen LogP contribution in [0.2, 0.25) is 5.02 Å². The minimum absolute atomic E-state index is 0.0964. The van der Waals surface area contributed by atoms with Crippen molar-refractivity contribution in [3.05, 3.63) is 41.4 Å². The van der Waals surface area contributed by atoms with Gasteiger partial charge in [-0.1, -0.05) is 47.6 Å². The molecule has 0 radical (unpaired) electrons. The highest BCUT2D eigenvalue weighted by atomic mass is 35.5. The molecule has 1 aliphatic heterocycles. The van der Waals surface area contributed by atoms with Gasteiger partial charge in [-0.3, -0.25) is 9.59 Å². The first-order valence-corrected chi connectivity index (χ1v) is 8.53. The summed E-state index contributed by atoms with van der Waals surface area (Å²) in [6.07, 6.45) is 0.487. The van der Waals surface area contributed by atoms with E-state index < -0.39 is 0 Å². The molecule has 5 heteroatoms. The van der Waals surface area contributed by atoms with E-state index in [4.69, 9.17) is 11.6 Å². The lowest BCUT2D eigenvalue weighted by atomic mass is 10.1. The van der Waals surface area contributed by atoms with Crippen LogP contribution < -0.4 is 4.90 Å². The molecule has 0 bridgehead atoms. The SMILES string of the molecule is CC(=O)SCC1CC(=O)N(c2cccc3cccc(Cl)c23)C1. The van der Waals surface area contributed by atoms with E-state index in [0.29, 0.717) is 23.7 Å². The van der Waals surface area contributed by atoms with Crippen molar-refractivity contribution in [3.8, 4) is 0 Å². The van der Waals surface area contributed by atoms with E-state index in [-0.39, 0.29) is 16.9 Å². The number of anilines is 1. The Morgan fingerprint density at radius 1 is 1.32 bits per heavy atom. The summed E-state index contributed by atoms with van der Waals surface area (Å²) in [5.74, 6) is 0.997. The molecular formula is C17H16ClNO2S. The number of rotatable bonds is 3. The van der Waals surface area contributed by atoms with Crippen molar-refractivity contribution < 1.29 is 9.59 Å². The first-order valence-electron chi connectivity index (χ1n) is 7.17. The summed E-state index contributed by atoms with van der Waals surface area (Å²) >= 11 is 7.63. The van der Waals surface area contributed by atoms with Crippen LogP contribution in [0.1, 0.15) is 13.3 Å². The van der Waals surface area contributed by atoms with Gasteiger partial charge in [0.15, 0.2) is 5.12 Å². The van der Waals surface area contributed by atoms with Crippen molar-refractivity contribution in [2.45, 2.75) is 13.3 Å². The van der Waals surface area contributed by atoms with Gasteiger partial charge in [-0.2, -0.15) is 0 Å². The molecule has 0 aliphatic carbocycles. The van der Waals surface area contributed by atoms with Crippen molar-refractivity contribution in [2.24, 2.45) is 5.92 Å². The second-order valence-electron chi connectivity index (χ2n) is 5.49. The Morgan fingerprint density at radius 2 is 2.05 bits per heavy atom. The molecule has 1 amide bonds. The zero-order valence-electron chi connectivity index (χ0n) is 12.2. The molecule has 22 heavy (non-hydrogen) atoms. The Morgan fingerprint density at radius 3 is 2.77 bits per heavy atom. The Kier molecular flexibility index (Phi) is 4.41. The fraction of sp³-hybridized carbons (Fsp3) is 0.294. The van der Waals surface area contributed by atoms with Crippen LogP contribution in [0.3, 0.4) is 0 Å². The van der Waals surface area contributed by atoms with Gasteiger partial charge in [0.05, 0.1) is 10.7 Å². The van der Waals surface area contributed by atoms with Gasteiger partial charge in [0.2, 0.25) is 5.91 Å². The molecule has 1 fully saturated rings. The molecule has 114 valence electrons. The van der Waals surface area contributed by atoms with Crippen molar-refractivity contribution in [2.75, 3.05) is 17.2 Å². The summed E-state index contributed by atoms with van der Waals surface area (Å²) in [6, 6.07) is 11.6. The Labute approximate surface area is 138 Å². The number of hydrogen-bond acceptors (Lipinski definition) is 3. The molecule has 1 heterocycles. The number of amides is 1. The first kappa shape index (κ1) is 15.4. The zero-order chi connectivity index (χ0) is 15.7. The third-order valence-corrected chi connectivity index (χ3v) is 5.21. The smallest absolute Gasteiger partial charge is 0.227 e. The van der Waals surface area contributed by atoms with Gasteiger partial charge in [0.1, 0.15) is 0 Å². The molecule has 0 spiro atoms. The van der Waals surface area contributed by atoms with Crippen LogP contribution >= 0.6 is 23.4 Å². The molecule has 1 unspecified atom stereocenters. The number of hydrogen-bond donors (Lipinski definition) is 0. The highest BCUT2D eigenvalue weighted by Crippen LogP contribution is 2.36. The van der Waals surface area contributed by atoms with Crippen LogP contribution in [0, 0.1) is 5.92 Å². The van der Waals surface area contributed by atoms with Crippen LogP contribution in [-0.4, -0.2) is 23.3 Å². The van der Waals surface area contributed by atoms with Gasteiger partial charge < -0.3 is 4.90 Å². The lowest BCUT2D eigenvalue weighted by Gasteiger charge is -2.19. The molecule has 3 nitrogen and oxygen atoms in total. The molecule has 1 saturated heterocycles. The monoisotopic (exact) mass is 333 g/mol. The molecule has 0 N–H and O–H groups in total. The van der Waals surface area contributed by atoms with Crippen LogP contribution in [0.4, 0.5) is 5.69 Å². The average Bonchev–Trinajstić information content (AvgIpc) is 2.86. The summed E-state index contributed by atoms with van der Waals surface area (Å²) < 4.78 is 0. The topological polar surface area (TPSA) is 37.4 Å². The number of thioether (sulfide) groups is 1. The second-order valence-corrected chi connectivity index (χ2v) is 7.10. The van der Waals surface area contributed by atoms with Gasteiger partial charge >= 0.3 is 0 Å². The normalized spacial score (nSPS) is 18.2. The molecule has 2 aromatic rings. The standard InChI is InChI=1S/C17H16ClNO2S/c1-11(20)22-10-12-8-16(21)19(9-12)15-7-3-5-13-4-2-6-14(18)17(13)15/h2-7,12H,8-10H2,1H3. The second kappa shape index (κ2) is 6.31. The fourth-order valence-corrected chi connectivity index (χ4v) is 3.83. The molecule has 2 aromatic carbocycles. The maximum Gasteiger partial charge on any atom is 0.227 e. The van der Waals surface area contributed by atoms with E-state index >= 15 is 0 Å². The number of carbonyl (C=O) groups excluding carboxylic acids is 2. The largest absolute Gasteiger partial charge is 0.311 e.